The van der Waals surface area contributed by atoms with Gasteiger partial charge in [-0.25, -0.2) is 0 Å². The molecule has 7 heteroatoms. The first-order valence-electron chi connectivity index (χ1n) is 9.06. The van der Waals surface area contributed by atoms with Crippen molar-refractivity contribution in [3.8, 4) is 11.5 Å². The number of hydrogen-bond donors (Lipinski definition) is 1. The van der Waals surface area contributed by atoms with Crippen LogP contribution in [0.3, 0.4) is 0 Å². The van der Waals surface area contributed by atoms with Crippen molar-refractivity contribution in [1.29, 1.82) is 0 Å². The molecule has 0 spiro atoms. The normalized spacial score (nSPS) is 20.6. The van der Waals surface area contributed by atoms with Crippen LogP contribution in [0.5, 0.6) is 11.5 Å². The van der Waals surface area contributed by atoms with Gasteiger partial charge in [0.1, 0.15) is 11.5 Å². The van der Waals surface area contributed by atoms with E-state index in [1.165, 1.54) is 0 Å². The predicted octanol–water partition coefficient (Wildman–Crippen LogP) is 2.68. The summed E-state index contributed by atoms with van der Waals surface area (Å²) in [7, 11) is 3.27. The Kier molecular flexibility index (Phi) is 4.78. The number of nitrogens with one attached hydrogen (secondary N) is 1. The summed E-state index contributed by atoms with van der Waals surface area (Å²) in [5.41, 5.74) is 2.00. The summed E-state index contributed by atoms with van der Waals surface area (Å²) in [6.07, 6.45) is 1.10. The number of pyridine rings is 1. The highest BCUT2D eigenvalue weighted by Gasteiger charge is 2.35. The molecule has 2 aliphatic rings. The maximum atomic E-state index is 12.2. The summed E-state index contributed by atoms with van der Waals surface area (Å²) in [5, 5.41) is 3.98. The van der Waals surface area contributed by atoms with Crippen LogP contribution in [0.15, 0.2) is 41.2 Å². The van der Waals surface area contributed by atoms with Gasteiger partial charge < -0.3 is 24.3 Å². The van der Waals surface area contributed by atoms with Crippen LogP contribution < -0.4 is 20.3 Å². The number of likely N-dealkylation sites (tertiary alicyclic amines) is 1. The molecule has 2 bridgehead atoms. The van der Waals surface area contributed by atoms with E-state index in [0.29, 0.717) is 22.7 Å². The molecule has 1 fully saturated rings. The summed E-state index contributed by atoms with van der Waals surface area (Å²) in [5.74, 6) is 2.19. The first-order valence-corrected chi connectivity index (χ1v) is 9.47. The molecule has 6 nitrogen and oxygen atoms in total. The number of anilines is 1. The predicted molar refractivity (Wildman–Crippen MR) is 109 cm³/mol. The van der Waals surface area contributed by atoms with Crippen LogP contribution in [-0.4, -0.2) is 41.9 Å². The van der Waals surface area contributed by atoms with Gasteiger partial charge in [0.25, 0.3) is 5.56 Å². The zero-order chi connectivity index (χ0) is 19.0. The minimum atomic E-state index is 0.0949. The van der Waals surface area contributed by atoms with Gasteiger partial charge in [0.15, 0.2) is 5.11 Å². The van der Waals surface area contributed by atoms with Crippen molar-refractivity contribution in [1.82, 2.24) is 9.47 Å². The van der Waals surface area contributed by atoms with E-state index in [0.717, 1.165) is 43.2 Å². The summed E-state index contributed by atoms with van der Waals surface area (Å²) >= 11 is 5.70. The maximum absolute atomic E-state index is 12.2. The van der Waals surface area contributed by atoms with E-state index in [9.17, 15) is 4.79 Å². The third-order valence-electron chi connectivity index (χ3n) is 5.42. The van der Waals surface area contributed by atoms with Crippen LogP contribution in [0.1, 0.15) is 18.0 Å². The van der Waals surface area contributed by atoms with Crippen LogP contribution >= 0.6 is 12.2 Å². The number of methoxy groups -OCH3 is 2. The lowest BCUT2D eigenvalue weighted by molar-refractivity contribution is 0.180. The smallest absolute Gasteiger partial charge is 0.250 e. The molecule has 4 rings (SSSR count). The second-order valence-corrected chi connectivity index (χ2v) is 7.49. The van der Waals surface area contributed by atoms with Crippen molar-refractivity contribution in [2.24, 2.45) is 5.92 Å². The van der Waals surface area contributed by atoms with Crippen LogP contribution in [0.4, 0.5) is 5.69 Å². The molecular weight excluding hydrogens is 362 g/mol. The van der Waals surface area contributed by atoms with Gasteiger partial charge in [0.2, 0.25) is 0 Å². The van der Waals surface area contributed by atoms with Crippen LogP contribution in [0.25, 0.3) is 0 Å². The van der Waals surface area contributed by atoms with Gasteiger partial charge >= 0.3 is 0 Å². The molecule has 1 saturated heterocycles. The molecule has 0 radical (unpaired) electrons. The van der Waals surface area contributed by atoms with Crippen LogP contribution in [-0.2, 0) is 6.54 Å². The van der Waals surface area contributed by atoms with Gasteiger partial charge in [-0.05, 0) is 42.8 Å². The number of aromatic nitrogens is 1. The highest BCUT2D eigenvalue weighted by Crippen LogP contribution is 2.36. The number of rotatable bonds is 3. The van der Waals surface area contributed by atoms with E-state index in [4.69, 9.17) is 21.7 Å². The lowest BCUT2D eigenvalue weighted by atomic mass is 9.83. The number of hydrogen-bond acceptors (Lipinski definition) is 4. The zero-order valence-corrected chi connectivity index (χ0v) is 16.3. The molecule has 0 unspecified atom stereocenters. The number of fused-ring (bicyclic) bond motifs is 4. The summed E-state index contributed by atoms with van der Waals surface area (Å²) < 4.78 is 12.7. The fourth-order valence-corrected chi connectivity index (χ4v) is 4.43. The van der Waals surface area contributed by atoms with E-state index >= 15 is 0 Å². The fourth-order valence-electron chi connectivity index (χ4n) is 4.17. The van der Waals surface area contributed by atoms with E-state index in [1.54, 1.807) is 20.3 Å². The number of benzene rings is 1. The SMILES string of the molecule is COc1ccc(OC)c(NC(=S)N2C[C@@H]3C[C@H](C2)c2cccc(=O)n2C3)c1. The molecular formula is C20H23N3O3S. The van der Waals surface area contributed by atoms with Gasteiger partial charge in [-0.1, -0.05) is 6.07 Å². The van der Waals surface area contributed by atoms with Crippen molar-refractivity contribution in [2.45, 2.75) is 18.9 Å². The molecule has 2 aromatic rings. The van der Waals surface area contributed by atoms with Gasteiger partial charge in [-0.2, -0.15) is 0 Å². The molecule has 0 saturated carbocycles. The Morgan fingerprint density at radius 1 is 1.15 bits per heavy atom. The third kappa shape index (κ3) is 3.39. The largest absolute Gasteiger partial charge is 0.497 e. The number of ether oxygens (including phenoxy) is 2. The lowest BCUT2D eigenvalue weighted by Crippen LogP contribution is -2.50. The first kappa shape index (κ1) is 17.9. The van der Waals surface area contributed by atoms with E-state index in [2.05, 4.69) is 16.3 Å². The summed E-state index contributed by atoms with van der Waals surface area (Å²) in [6, 6.07) is 11.2. The Morgan fingerprint density at radius 2 is 2.00 bits per heavy atom. The van der Waals surface area contributed by atoms with Crippen LogP contribution in [0, 0.1) is 5.92 Å². The van der Waals surface area contributed by atoms with Crippen molar-refractivity contribution in [2.75, 3.05) is 32.6 Å². The van der Waals surface area contributed by atoms with Gasteiger partial charge in [0.05, 0.1) is 19.9 Å². The lowest BCUT2D eigenvalue weighted by Gasteiger charge is -2.43. The summed E-state index contributed by atoms with van der Waals surface area (Å²) in [6.45, 7) is 2.40. The molecule has 142 valence electrons. The molecule has 0 aliphatic carbocycles. The molecule has 2 aliphatic heterocycles. The highest BCUT2D eigenvalue weighted by atomic mass is 32.1. The van der Waals surface area contributed by atoms with Crippen molar-refractivity contribution in [3.63, 3.8) is 0 Å². The Balaban J connectivity index is 1.54. The molecule has 1 aromatic heterocycles. The average Bonchev–Trinajstić information content (AvgIpc) is 2.68. The fraction of sp³-hybridized carbons (Fsp3) is 0.400. The molecule has 27 heavy (non-hydrogen) atoms. The monoisotopic (exact) mass is 385 g/mol. The topological polar surface area (TPSA) is 55.7 Å². The molecule has 2 atom stereocenters. The Labute approximate surface area is 163 Å². The molecule has 1 N–H and O–H groups in total. The van der Waals surface area contributed by atoms with E-state index < -0.39 is 0 Å². The number of piperidine rings is 1. The number of nitrogens with zero attached hydrogens (tertiary/aromatic N) is 2. The van der Waals surface area contributed by atoms with Crippen molar-refractivity contribution < 1.29 is 9.47 Å². The summed E-state index contributed by atoms with van der Waals surface area (Å²) in [4.78, 5) is 14.4. The number of thiocarbonyl (C=S) groups is 1. The quantitative estimate of drug-likeness (QED) is 0.820. The molecule has 3 heterocycles. The Hall–Kier alpha value is -2.54. The minimum Gasteiger partial charge on any atom is -0.497 e. The minimum absolute atomic E-state index is 0.0949. The second kappa shape index (κ2) is 7.23. The second-order valence-electron chi connectivity index (χ2n) is 7.10. The molecule has 1 aromatic carbocycles. The Bertz CT molecular complexity index is 927. The highest BCUT2D eigenvalue weighted by molar-refractivity contribution is 7.80. The maximum Gasteiger partial charge on any atom is 0.250 e. The van der Waals surface area contributed by atoms with E-state index in [1.807, 2.05) is 28.8 Å². The van der Waals surface area contributed by atoms with E-state index in [-0.39, 0.29) is 5.56 Å². The Morgan fingerprint density at radius 3 is 2.78 bits per heavy atom. The van der Waals surface area contributed by atoms with Crippen molar-refractivity contribution >= 4 is 23.0 Å². The van der Waals surface area contributed by atoms with Gasteiger partial charge in [-0.3, -0.25) is 4.79 Å². The standard InChI is InChI=1S/C20H23N3O3S/c1-25-15-6-7-18(26-2)16(9-15)21-20(27)22-10-13-8-14(12-22)17-4-3-5-19(24)23(17)11-13/h3-7,9,13-14H,8,10-12H2,1-2H3,(H,21,27)/t13-,14+/m0/s1. The van der Waals surface area contributed by atoms with Crippen molar-refractivity contribution in [3.05, 3.63) is 52.4 Å². The van der Waals surface area contributed by atoms with Gasteiger partial charge in [-0.15, -0.1) is 0 Å². The third-order valence-corrected chi connectivity index (χ3v) is 5.78. The van der Waals surface area contributed by atoms with Gasteiger partial charge in [0, 0.05) is 43.4 Å². The average molecular weight is 385 g/mol. The molecule has 0 amide bonds. The first-order chi connectivity index (χ1) is 13.1. The zero-order valence-electron chi connectivity index (χ0n) is 15.5. The van der Waals surface area contributed by atoms with Crippen LogP contribution in [0.2, 0.25) is 0 Å².